The van der Waals surface area contributed by atoms with Crippen molar-refractivity contribution in [2.24, 2.45) is 0 Å². The van der Waals surface area contributed by atoms with Crippen molar-refractivity contribution in [3.05, 3.63) is 59.7 Å². The van der Waals surface area contributed by atoms with Gasteiger partial charge in [-0.3, -0.25) is 0 Å². The van der Waals surface area contributed by atoms with E-state index in [-0.39, 0.29) is 12.4 Å². The fourth-order valence-electron chi connectivity index (χ4n) is 4.01. The molecule has 5 heteroatoms. The van der Waals surface area contributed by atoms with Gasteiger partial charge in [0.15, 0.2) is 0 Å². The third-order valence-corrected chi connectivity index (χ3v) is 5.35. The number of hydrogen-bond acceptors (Lipinski definition) is 4. The number of halogens is 1. The number of piperidine rings is 1. The summed E-state index contributed by atoms with van der Waals surface area (Å²) in [5.74, 6) is 1.96. The van der Waals surface area contributed by atoms with Gasteiger partial charge in [-0.15, -0.1) is 12.4 Å². The Labute approximate surface area is 160 Å². The molecule has 2 aliphatic heterocycles. The first-order valence-electron chi connectivity index (χ1n) is 9.22. The Morgan fingerprint density at radius 1 is 0.692 bits per heavy atom. The van der Waals surface area contributed by atoms with Gasteiger partial charge in [-0.25, -0.2) is 4.98 Å². The van der Waals surface area contributed by atoms with E-state index in [1.165, 1.54) is 30.4 Å². The first kappa shape index (κ1) is 17.1. The zero-order valence-electron chi connectivity index (χ0n) is 14.8. The lowest BCUT2D eigenvalue weighted by atomic mass is 10.1. The van der Waals surface area contributed by atoms with Crippen LogP contribution in [-0.4, -0.2) is 23.1 Å². The van der Waals surface area contributed by atoms with Crippen LogP contribution in [0.15, 0.2) is 48.5 Å². The lowest BCUT2D eigenvalue weighted by Crippen LogP contribution is -2.31. The van der Waals surface area contributed by atoms with Crippen LogP contribution < -0.4 is 9.80 Å². The summed E-state index contributed by atoms with van der Waals surface area (Å²) in [6.45, 7) is 3.99. The van der Waals surface area contributed by atoms with Crippen LogP contribution in [0, 0.1) is 0 Å². The number of hydrogen-bond donors (Lipinski definition) is 0. The minimum Gasteiger partial charge on any atom is -0.347 e. The second-order valence-electron chi connectivity index (χ2n) is 7.04. The summed E-state index contributed by atoms with van der Waals surface area (Å²) in [6, 6.07) is 17.1. The predicted octanol–water partition coefficient (Wildman–Crippen LogP) is 4.56. The van der Waals surface area contributed by atoms with E-state index in [1.54, 1.807) is 0 Å². The smallest absolute Gasteiger partial charge is 0.227 e. The maximum atomic E-state index is 5.03. The van der Waals surface area contributed by atoms with Crippen molar-refractivity contribution in [1.29, 1.82) is 0 Å². The van der Waals surface area contributed by atoms with E-state index >= 15 is 0 Å². The van der Waals surface area contributed by atoms with E-state index in [9.17, 15) is 0 Å². The largest absolute Gasteiger partial charge is 0.347 e. The number of nitrogens with zero attached hydrogens (tertiary/aromatic N) is 4. The number of fused-ring (bicyclic) bond motifs is 2. The lowest BCUT2D eigenvalue weighted by Gasteiger charge is -2.28. The molecule has 0 N–H and O–H groups in total. The Morgan fingerprint density at radius 3 is 2.08 bits per heavy atom. The summed E-state index contributed by atoms with van der Waals surface area (Å²) in [7, 11) is 0. The van der Waals surface area contributed by atoms with Crippen LogP contribution in [0.5, 0.6) is 0 Å². The van der Waals surface area contributed by atoms with Gasteiger partial charge in [0.2, 0.25) is 5.95 Å². The highest BCUT2D eigenvalue weighted by atomic mass is 35.5. The highest BCUT2D eigenvalue weighted by Crippen LogP contribution is 2.33. The maximum Gasteiger partial charge on any atom is 0.227 e. The molecule has 2 aromatic carbocycles. The van der Waals surface area contributed by atoms with Crippen molar-refractivity contribution < 1.29 is 0 Å². The average Bonchev–Trinajstić information content (AvgIpc) is 3.12. The van der Waals surface area contributed by atoms with E-state index in [0.717, 1.165) is 48.8 Å². The van der Waals surface area contributed by atoms with Crippen molar-refractivity contribution in [2.45, 2.75) is 32.4 Å². The summed E-state index contributed by atoms with van der Waals surface area (Å²) in [5.41, 5.74) is 3.86. The zero-order valence-corrected chi connectivity index (χ0v) is 15.6. The molecule has 0 bridgehead atoms. The standard InChI is InChI=1S/C21H22N4.ClH/c1-6-12-24(13-7-1)21-22-19-11-5-4-10-18(19)20(23-21)25-14-16-8-2-3-9-17(16)15-25;/h2-5,8-11H,1,6-7,12-15H2;1H. The number of para-hydroxylation sites is 1. The van der Waals surface area contributed by atoms with E-state index in [0.29, 0.717) is 0 Å². The Balaban J connectivity index is 0.00000168. The molecule has 0 radical (unpaired) electrons. The molecule has 0 aliphatic carbocycles. The molecule has 26 heavy (non-hydrogen) atoms. The number of rotatable bonds is 2. The van der Waals surface area contributed by atoms with Gasteiger partial charge in [-0.2, -0.15) is 4.98 Å². The van der Waals surface area contributed by atoms with Crippen LogP contribution in [0.25, 0.3) is 10.9 Å². The summed E-state index contributed by atoms with van der Waals surface area (Å²) >= 11 is 0. The van der Waals surface area contributed by atoms with Crippen LogP contribution >= 0.6 is 12.4 Å². The minimum atomic E-state index is 0. The maximum absolute atomic E-state index is 5.03. The summed E-state index contributed by atoms with van der Waals surface area (Å²) in [5, 5.41) is 1.15. The molecule has 0 atom stereocenters. The molecule has 134 valence electrons. The Morgan fingerprint density at radius 2 is 1.35 bits per heavy atom. The summed E-state index contributed by atoms with van der Waals surface area (Å²) in [4.78, 5) is 14.6. The first-order valence-corrected chi connectivity index (χ1v) is 9.22. The highest BCUT2D eigenvalue weighted by molar-refractivity contribution is 5.90. The molecule has 3 aromatic rings. The van der Waals surface area contributed by atoms with Crippen molar-refractivity contribution in [1.82, 2.24) is 9.97 Å². The van der Waals surface area contributed by atoms with Gasteiger partial charge in [0.05, 0.1) is 5.52 Å². The molecule has 0 amide bonds. The molecule has 1 fully saturated rings. The van der Waals surface area contributed by atoms with Gasteiger partial charge in [0.1, 0.15) is 5.82 Å². The van der Waals surface area contributed by atoms with Crippen molar-refractivity contribution >= 4 is 35.1 Å². The molecule has 1 aromatic heterocycles. The molecule has 0 spiro atoms. The fourth-order valence-corrected chi connectivity index (χ4v) is 4.01. The molecular weight excluding hydrogens is 344 g/mol. The molecular formula is C21H23ClN4. The quantitative estimate of drug-likeness (QED) is 0.665. The number of anilines is 2. The predicted molar refractivity (Wildman–Crippen MR) is 109 cm³/mol. The number of aromatic nitrogens is 2. The van der Waals surface area contributed by atoms with E-state index in [2.05, 4.69) is 58.3 Å². The third kappa shape index (κ3) is 2.99. The molecule has 1 saturated heterocycles. The van der Waals surface area contributed by atoms with Gasteiger partial charge in [0, 0.05) is 31.6 Å². The number of benzene rings is 2. The van der Waals surface area contributed by atoms with Crippen molar-refractivity contribution in [3.8, 4) is 0 Å². The van der Waals surface area contributed by atoms with E-state index in [4.69, 9.17) is 9.97 Å². The SMILES string of the molecule is Cl.c1ccc2c(c1)CN(c1nc(N3CCCCC3)nc3ccccc13)C2. The van der Waals surface area contributed by atoms with Gasteiger partial charge >= 0.3 is 0 Å². The third-order valence-electron chi connectivity index (χ3n) is 5.35. The van der Waals surface area contributed by atoms with E-state index < -0.39 is 0 Å². The molecule has 0 unspecified atom stereocenters. The van der Waals surface area contributed by atoms with Gasteiger partial charge in [-0.05, 0) is 42.5 Å². The molecule has 5 rings (SSSR count). The lowest BCUT2D eigenvalue weighted by molar-refractivity contribution is 0.568. The average molecular weight is 367 g/mol. The minimum absolute atomic E-state index is 0. The van der Waals surface area contributed by atoms with Crippen LogP contribution in [0.4, 0.5) is 11.8 Å². The van der Waals surface area contributed by atoms with E-state index in [1.807, 2.05) is 0 Å². The first-order chi connectivity index (χ1) is 12.4. The van der Waals surface area contributed by atoms with Crippen LogP contribution in [0.2, 0.25) is 0 Å². The van der Waals surface area contributed by atoms with Crippen LogP contribution in [0.1, 0.15) is 30.4 Å². The van der Waals surface area contributed by atoms with Crippen molar-refractivity contribution in [3.63, 3.8) is 0 Å². The molecule has 4 nitrogen and oxygen atoms in total. The van der Waals surface area contributed by atoms with Gasteiger partial charge < -0.3 is 9.80 Å². The van der Waals surface area contributed by atoms with Gasteiger partial charge in [0.25, 0.3) is 0 Å². The monoisotopic (exact) mass is 366 g/mol. The second kappa shape index (κ2) is 7.12. The Kier molecular flexibility index (Phi) is 4.68. The topological polar surface area (TPSA) is 32.3 Å². The fraction of sp³-hybridized carbons (Fsp3) is 0.333. The van der Waals surface area contributed by atoms with Gasteiger partial charge in [-0.1, -0.05) is 36.4 Å². The summed E-state index contributed by atoms with van der Waals surface area (Å²) in [6.07, 6.45) is 3.79. The van der Waals surface area contributed by atoms with Crippen molar-refractivity contribution in [2.75, 3.05) is 22.9 Å². The molecule has 2 aliphatic rings. The Bertz CT molecular complexity index is 896. The Hall–Kier alpha value is -2.33. The van der Waals surface area contributed by atoms with Crippen LogP contribution in [0.3, 0.4) is 0 Å². The normalized spacial score (nSPS) is 16.5. The zero-order chi connectivity index (χ0) is 16.6. The summed E-state index contributed by atoms with van der Waals surface area (Å²) < 4.78 is 0. The molecule has 3 heterocycles. The highest BCUT2D eigenvalue weighted by Gasteiger charge is 2.23. The van der Waals surface area contributed by atoms with Crippen LogP contribution in [-0.2, 0) is 13.1 Å². The second-order valence-corrected chi connectivity index (χ2v) is 7.04. The molecule has 0 saturated carbocycles.